The summed E-state index contributed by atoms with van der Waals surface area (Å²) >= 11 is 5.98. The molecule has 0 saturated carbocycles. The summed E-state index contributed by atoms with van der Waals surface area (Å²) in [4.78, 5) is 11.9. The van der Waals surface area contributed by atoms with Crippen molar-refractivity contribution in [2.24, 2.45) is 0 Å². The van der Waals surface area contributed by atoms with Gasteiger partial charge in [0.25, 0.3) is 5.91 Å². The Kier molecular flexibility index (Phi) is 5.45. The molecule has 1 amide bonds. The van der Waals surface area contributed by atoms with Crippen LogP contribution in [0.2, 0.25) is 5.02 Å². The Labute approximate surface area is 136 Å². The van der Waals surface area contributed by atoms with Crippen LogP contribution in [0.1, 0.15) is 22.3 Å². The zero-order valence-corrected chi connectivity index (χ0v) is 13.8. The average molecular weight is 318 g/mol. The molecule has 3 nitrogen and oxygen atoms in total. The Balaban J connectivity index is 1.87. The van der Waals surface area contributed by atoms with E-state index in [1.165, 1.54) is 5.56 Å². The molecule has 4 heteroatoms. The van der Waals surface area contributed by atoms with Crippen LogP contribution in [0, 0.1) is 20.8 Å². The highest BCUT2D eigenvalue weighted by Crippen LogP contribution is 2.26. The average Bonchev–Trinajstić information content (AvgIpc) is 2.45. The molecule has 2 aromatic carbocycles. The number of ether oxygens (including phenoxy) is 1. The monoisotopic (exact) mass is 317 g/mol. The Bertz CT molecular complexity index is 642. The molecule has 0 unspecified atom stereocenters. The van der Waals surface area contributed by atoms with Crippen molar-refractivity contribution < 1.29 is 9.53 Å². The molecule has 1 N–H and O–H groups in total. The number of rotatable bonds is 5. The highest BCUT2D eigenvalue weighted by molar-refractivity contribution is 6.30. The van der Waals surface area contributed by atoms with Gasteiger partial charge in [-0.25, -0.2) is 0 Å². The van der Waals surface area contributed by atoms with Gasteiger partial charge >= 0.3 is 0 Å². The van der Waals surface area contributed by atoms with Gasteiger partial charge in [0, 0.05) is 11.6 Å². The zero-order chi connectivity index (χ0) is 16.1. The maximum absolute atomic E-state index is 11.9. The van der Waals surface area contributed by atoms with Gasteiger partial charge in [0.2, 0.25) is 0 Å². The van der Waals surface area contributed by atoms with Crippen molar-refractivity contribution in [2.45, 2.75) is 27.3 Å². The molecule has 0 bridgehead atoms. The molecule has 0 atom stereocenters. The van der Waals surface area contributed by atoms with E-state index in [1.807, 2.05) is 57.2 Å². The second-order valence-electron chi connectivity index (χ2n) is 5.42. The van der Waals surface area contributed by atoms with Crippen LogP contribution in [0.3, 0.4) is 0 Å². The summed E-state index contributed by atoms with van der Waals surface area (Å²) in [6.45, 7) is 6.36. The van der Waals surface area contributed by atoms with Gasteiger partial charge < -0.3 is 10.1 Å². The SMILES string of the molecule is Cc1ccc(CNC(=O)COc2c(C)cc(Cl)cc2C)cc1. The highest BCUT2D eigenvalue weighted by Gasteiger charge is 2.08. The Hall–Kier alpha value is -2.00. The van der Waals surface area contributed by atoms with Crippen LogP contribution >= 0.6 is 11.6 Å². The van der Waals surface area contributed by atoms with Crippen molar-refractivity contribution in [3.8, 4) is 5.75 Å². The minimum Gasteiger partial charge on any atom is -0.483 e. The zero-order valence-electron chi connectivity index (χ0n) is 13.1. The van der Waals surface area contributed by atoms with Gasteiger partial charge in [-0.05, 0) is 49.6 Å². The Morgan fingerprint density at radius 3 is 2.27 bits per heavy atom. The summed E-state index contributed by atoms with van der Waals surface area (Å²) in [5.74, 6) is 0.573. The number of hydrogen-bond donors (Lipinski definition) is 1. The molecule has 0 aliphatic carbocycles. The van der Waals surface area contributed by atoms with Crippen LogP contribution < -0.4 is 10.1 Å². The largest absolute Gasteiger partial charge is 0.483 e. The van der Waals surface area contributed by atoms with Crippen molar-refractivity contribution >= 4 is 17.5 Å². The van der Waals surface area contributed by atoms with Gasteiger partial charge in [0.1, 0.15) is 5.75 Å². The summed E-state index contributed by atoms with van der Waals surface area (Å²) in [5.41, 5.74) is 4.12. The molecule has 116 valence electrons. The fourth-order valence-electron chi connectivity index (χ4n) is 2.22. The van der Waals surface area contributed by atoms with E-state index in [1.54, 1.807) is 0 Å². The molecule has 2 aromatic rings. The maximum atomic E-state index is 11.9. The van der Waals surface area contributed by atoms with Gasteiger partial charge in [-0.15, -0.1) is 0 Å². The van der Waals surface area contributed by atoms with E-state index < -0.39 is 0 Å². The molecule has 0 fully saturated rings. The maximum Gasteiger partial charge on any atom is 0.258 e. The Morgan fingerprint density at radius 1 is 1.09 bits per heavy atom. The predicted molar refractivity (Wildman–Crippen MR) is 89.4 cm³/mol. The molecular weight excluding hydrogens is 298 g/mol. The number of carbonyl (C=O) groups is 1. The van der Waals surface area contributed by atoms with Gasteiger partial charge in [-0.1, -0.05) is 41.4 Å². The lowest BCUT2D eigenvalue weighted by molar-refractivity contribution is -0.123. The quantitative estimate of drug-likeness (QED) is 0.906. The first-order chi connectivity index (χ1) is 10.5. The van der Waals surface area contributed by atoms with Crippen LogP contribution in [0.25, 0.3) is 0 Å². The van der Waals surface area contributed by atoms with Crippen LogP contribution in [0.4, 0.5) is 0 Å². The smallest absolute Gasteiger partial charge is 0.258 e. The standard InChI is InChI=1S/C18H20ClNO2/c1-12-4-6-15(7-5-12)10-20-17(21)11-22-18-13(2)8-16(19)9-14(18)3/h4-9H,10-11H2,1-3H3,(H,20,21). The molecule has 0 heterocycles. The molecule has 0 aliphatic rings. The van der Waals surface area contributed by atoms with Crippen LogP contribution in [0.15, 0.2) is 36.4 Å². The van der Waals surface area contributed by atoms with Crippen molar-refractivity contribution in [1.29, 1.82) is 0 Å². The fraction of sp³-hybridized carbons (Fsp3) is 0.278. The molecule has 0 aliphatic heterocycles. The molecule has 0 radical (unpaired) electrons. The number of hydrogen-bond acceptors (Lipinski definition) is 2. The molecule has 0 aromatic heterocycles. The fourth-order valence-corrected chi connectivity index (χ4v) is 2.55. The number of benzene rings is 2. The lowest BCUT2D eigenvalue weighted by Crippen LogP contribution is -2.28. The van der Waals surface area contributed by atoms with Crippen LogP contribution in [-0.4, -0.2) is 12.5 Å². The molecular formula is C18H20ClNO2. The van der Waals surface area contributed by atoms with Gasteiger partial charge in [-0.3, -0.25) is 4.79 Å². The van der Waals surface area contributed by atoms with E-state index in [-0.39, 0.29) is 12.5 Å². The van der Waals surface area contributed by atoms with E-state index in [0.29, 0.717) is 11.6 Å². The summed E-state index contributed by atoms with van der Waals surface area (Å²) in [6, 6.07) is 11.7. The predicted octanol–water partition coefficient (Wildman–Crippen LogP) is 3.96. The summed E-state index contributed by atoms with van der Waals surface area (Å²) in [7, 11) is 0. The second kappa shape index (κ2) is 7.32. The van der Waals surface area contributed by atoms with Gasteiger partial charge in [-0.2, -0.15) is 0 Å². The van der Waals surface area contributed by atoms with E-state index in [9.17, 15) is 4.79 Å². The molecule has 0 spiro atoms. The number of amides is 1. The summed E-state index contributed by atoms with van der Waals surface area (Å²) in [5, 5.41) is 3.52. The highest BCUT2D eigenvalue weighted by atomic mass is 35.5. The lowest BCUT2D eigenvalue weighted by Gasteiger charge is -2.12. The Morgan fingerprint density at radius 2 is 1.68 bits per heavy atom. The number of halogens is 1. The van der Waals surface area contributed by atoms with Crippen molar-refractivity contribution in [2.75, 3.05) is 6.61 Å². The van der Waals surface area contributed by atoms with Crippen LogP contribution in [-0.2, 0) is 11.3 Å². The number of nitrogens with one attached hydrogen (secondary N) is 1. The minimum atomic E-state index is -0.144. The third-order valence-corrected chi connectivity index (χ3v) is 3.60. The van der Waals surface area contributed by atoms with Crippen molar-refractivity contribution in [3.05, 3.63) is 63.7 Å². The molecule has 22 heavy (non-hydrogen) atoms. The van der Waals surface area contributed by atoms with E-state index in [2.05, 4.69) is 5.32 Å². The summed E-state index contributed by atoms with van der Waals surface area (Å²) < 4.78 is 5.62. The second-order valence-corrected chi connectivity index (χ2v) is 5.86. The third kappa shape index (κ3) is 4.50. The first-order valence-electron chi connectivity index (χ1n) is 7.17. The van der Waals surface area contributed by atoms with Crippen molar-refractivity contribution in [3.63, 3.8) is 0 Å². The van der Waals surface area contributed by atoms with Gasteiger partial charge in [0.05, 0.1) is 0 Å². The normalized spacial score (nSPS) is 10.4. The van der Waals surface area contributed by atoms with E-state index >= 15 is 0 Å². The molecule has 2 rings (SSSR count). The van der Waals surface area contributed by atoms with E-state index in [4.69, 9.17) is 16.3 Å². The minimum absolute atomic E-state index is 0.00479. The third-order valence-electron chi connectivity index (χ3n) is 3.38. The van der Waals surface area contributed by atoms with Gasteiger partial charge in [0.15, 0.2) is 6.61 Å². The van der Waals surface area contributed by atoms with Crippen molar-refractivity contribution in [1.82, 2.24) is 5.32 Å². The lowest BCUT2D eigenvalue weighted by atomic mass is 10.1. The first-order valence-corrected chi connectivity index (χ1v) is 7.55. The van der Waals surface area contributed by atoms with Crippen LogP contribution in [0.5, 0.6) is 5.75 Å². The summed E-state index contributed by atoms with van der Waals surface area (Å²) in [6.07, 6.45) is 0. The van der Waals surface area contributed by atoms with E-state index in [0.717, 1.165) is 22.4 Å². The number of carbonyl (C=O) groups excluding carboxylic acids is 1. The molecule has 0 saturated heterocycles. The topological polar surface area (TPSA) is 38.3 Å². The first kappa shape index (κ1) is 16.4. The number of aryl methyl sites for hydroxylation is 3.